The maximum atomic E-state index is 6.07. The summed E-state index contributed by atoms with van der Waals surface area (Å²) in [7, 11) is 1.69. The van der Waals surface area contributed by atoms with E-state index >= 15 is 0 Å². The minimum atomic E-state index is 0.761. The van der Waals surface area contributed by atoms with Crippen molar-refractivity contribution in [3.8, 4) is 5.75 Å². The maximum absolute atomic E-state index is 6.07. The first kappa shape index (κ1) is 18.1. The van der Waals surface area contributed by atoms with Crippen LogP contribution in [0.25, 0.3) is 21.9 Å². The molecule has 0 aliphatic carbocycles. The molecular weight excluding hydrogens is 380 g/mol. The molecule has 0 unspecified atom stereocenters. The molecule has 0 amide bonds. The van der Waals surface area contributed by atoms with Crippen molar-refractivity contribution in [2.75, 3.05) is 38.6 Å². The second-order valence-electron chi connectivity index (χ2n) is 6.05. The highest BCUT2D eigenvalue weighted by atomic mass is 79.9. The third kappa shape index (κ3) is 3.62. The van der Waals surface area contributed by atoms with Gasteiger partial charge in [-0.05, 0) is 54.1 Å². The van der Waals surface area contributed by atoms with Gasteiger partial charge in [-0.2, -0.15) is 0 Å². The minimum Gasteiger partial charge on any atom is -0.491 e. The van der Waals surface area contributed by atoms with Crippen molar-refractivity contribution in [1.82, 2.24) is 4.90 Å². The second-order valence-corrected chi connectivity index (χ2v) is 6.90. The number of halogens is 1. The lowest BCUT2D eigenvalue weighted by atomic mass is 10.1. The molecule has 0 spiro atoms. The van der Waals surface area contributed by atoms with E-state index in [4.69, 9.17) is 9.15 Å². The van der Waals surface area contributed by atoms with E-state index in [1.54, 1.807) is 7.11 Å². The van der Waals surface area contributed by atoms with Gasteiger partial charge in [0.2, 0.25) is 0 Å². The first-order chi connectivity index (χ1) is 12.2. The van der Waals surface area contributed by atoms with E-state index in [9.17, 15) is 0 Å². The molecule has 3 aromatic rings. The van der Waals surface area contributed by atoms with Gasteiger partial charge < -0.3 is 19.4 Å². The average Bonchev–Trinajstić information content (AvgIpc) is 3.02. The van der Waals surface area contributed by atoms with Crippen LogP contribution in [0.3, 0.4) is 0 Å². The number of furan rings is 1. The van der Waals surface area contributed by atoms with E-state index in [0.717, 1.165) is 70.4 Å². The predicted molar refractivity (Wildman–Crippen MR) is 109 cm³/mol. The SMILES string of the molecule is CCN(CC)CCCNc1cc(Br)c2c(oc3ccccc32)c1OC. The Bertz CT molecular complexity index is 856. The molecule has 0 fully saturated rings. The van der Waals surface area contributed by atoms with Crippen LogP contribution in [0.5, 0.6) is 5.75 Å². The van der Waals surface area contributed by atoms with Crippen molar-refractivity contribution in [2.24, 2.45) is 0 Å². The molecule has 134 valence electrons. The molecule has 25 heavy (non-hydrogen) atoms. The lowest BCUT2D eigenvalue weighted by Crippen LogP contribution is -2.25. The van der Waals surface area contributed by atoms with E-state index in [2.05, 4.69) is 52.1 Å². The molecule has 4 nitrogen and oxygen atoms in total. The minimum absolute atomic E-state index is 0.761. The molecule has 5 heteroatoms. The Kier molecular flexibility index (Phi) is 5.86. The highest BCUT2D eigenvalue weighted by Gasteiger charge is 2.18. The van der Waals surface area contributed by atoms with Gasteiger partial charge in [-0.15, -0.1) is 0 Å². The third-order valence-electron chi connectivity index (χ3n) is 4.62. The Morgan fingerprint density at radius 1 is 1.20 bits per heavy atom. The highest BCUT2D eigenvalue weighted by Crippen LogP contribution is 2.43. The Labute approximate surface area is 157 Å². The fourth-order valence-electron chi connectivity index (χ4n) is 3.23. The largest absolute Gasteiger partial charge is 0.491 e. The molecule has 0 aliphatic heterocycles. The number of nitrogens with zero attached hydrogens (tertiary/aromatic N) is 1. The zero-order valence-corrected chi connectivity index (χ0v) is 16.6. The number of methoxy groups -OCH3 is 1. The smallest absolute Gasteiger partial charge is 0.185 e. The predicted octanol–water partition coefficient (Wildman–Crippen LogP) is 5.50. The van der Waals surface area contributed by atoms with Crippen LogP contribution in [-0.2, 0) is 0 Å². The molecule has 0 bridgehead atoms. The van der Waals surface area contributed by atoms with Gasteiger partial charge in [0, 0.05) is 21.8 Å². The zero-order chi connectivity index (χ0) is 17.8. The number of ether oxygens (including phenoxy) is 1. The Balaban J connectivity index is 1.87. The molecule has 1 aromatic heterocycles. The lowest BCUT2D eigenvalue weighted by molar-refractivity contribution is 0.303. The summed E-state index contributed by atoms with van der Waals surface area (Å²) in [5.74, 6) is 0.761. The number of hydrogen-bond acceptors (Lipinski definition) is 4. The Morgan fingerprint density at radius 3 is 2.68 bits per heavy atom. The number of rotatable bonds is 8. The quantitative estimate of drug-likeness (QED) is 0.502. The summed E-state index contributed by atoms with van der Waals surface area (Å²) in [5, 5.41) is 5.65. The Morgan fingerprint density at radius 2 is 1.96 bits per heavy atom. The molecule has 0 saturated carbocycles. The standard InChI is InChI=1S/C20H25BrN2O2/c1-4-23(5-2)12-8-11-22-16-13-15(21)18-14-9-6-7-10-17(14)25-20(18)19(16)24-3/h6-7,9-10,13,22H,4-5,8,11-12H2,1-3H3. The summed E-state index contributed by atoms with van der Waals surface area (Å²) < 4.78 is 12.8. The third-order valence-corrected chi connectivity index (χ3v) is 5.25. The van der Waals surface area contributed by atoms with E-state index in [0.29, 0.717) is 0 Å². The molecule has 0 aliphatic rings. The molecule has 2 aromatic carbocycles. The number of anilines is 1. The summed E-state index contributed by atoms with van der Waals surface area (Å²) >= 11 is 3.70. The molecule has 3 rings (SSSR count). The van der Waals surface area contributed by atoms with Gasteiger partial charge in [0.1, 0.15) is 5.58 Å². The van der Waals surface area contributed by atoms with Crippen molar-refractivity contribution in [2.45, 2.75) is 20.3 Å². The maximum Gasteiger partial charge on any atom is 0.185 e. The van der Waals surface area contributed by atoms with Gasteiger partial charge in [0.15, 0.2) is 11.3 Å². The summed E-state index contributed by atoms with van der Waals surface area (Å²) in [4.78, 5) is 2.43. The lowest BCUT2D eigenvalue weighted by Gasteiger charge is -2.18. The number of para-hydroxylation sites is 1. The van der Waals surface area contributed by atoms with Gasteiger partial charge in [-0.25, -0.2) is 0 Å². The van der Waals surface area contributed by atoms with Crippen molar-refractivity contribution in [1.29, 1.82) is 0 Å². The van der Waals surface area contributed by atoms with Crippen LogP contribution in [0.4, 0.5) is 5.69 Å². The first-order valence-corrected chi connectivity index (χ1v) is 9.62. The fraction of sp³-hybridized carbons (Fsp3) is 0.400. The molecule has 1 heterocycles. The molecule has 0 atom stereocenters. The van der Waals surface area contributed by atoms with Crippen molar-refractivity contribution in [3.63, 3.8) is 0 Å². The van der Waals surface area contributed by atoms with Crippen LogP contribution in [-0.4, -0.2) is 38.2 Å². The van der Waals surface area contributed by atoms with E-state index in [1.807, 2.05) is 18.2 Å². The number of hydrogen-bond donors (Lipinski definition) is 1. The normalized spacial score (nSPS) is 11.6. The Hall–Kier alpha value is -1.72. The number of nitrogens with one attached hydrogen (secondary N) is 1. The monoisotopic (exact) mass is 404 g/mol. The first-order valence-electron chi connectivity index (χ1n) is 8.83. The summed E-state index contributed by atoms with van der Waals surface area (Å²) in [6.45, 7) is 8.58. The molecule has 1 N–H and O–H groups in total. The van der Waals surface area contributed by atoms with Crippen molar-refractivity contribution < 1.29 is 9.15 Å². The molecule has 0 saturated heterocycles. The average molecular weight is 405 g/mol. The van der Waals surface area contributed by atoms with Crippen LogP contribution in [0.1, 0.15) is 20.3 Å². The summed E-state index contributed by atoms with van der Waals surface area (Å²) in [5.41, 5.74) is 2.61. The topological polar surface area (TPSA) is 37.6 Å². The zero-order valence-electron chi connectivity index (χ0n) is 15.1. The molecule has 0 radical (unpaired) electrons. The van der Waals surface area contributed by atoms with Crippen molar-refractivity contribution >= 4 is 43.6 Å². The van der Waals surface area contributed by atoms with E-state index in [-0.39, 0.29) is 0 Å². The van der Waals surface area contributed by atoms with Gasteiger partial charge in [0.25, 0.3) is 0 Å². The van der Waals surface area contributed by atoms with Gasteiger partial charge in [-0.3, -0.25) is 0 Å². The van der Waals surface area contributed by atoms with Crippen LogP contribution < -0.4 is 10.1 Å². The highest BCUT2D eigenvalue weighted by molar-refractivity contribution is 9.10. The van der Waals surface area contributed by atoms with Crippen LogP contribution in [0.2, 0.25) is 0 Å². The second kappa shape index (κ2) is 8.11. The van der Waals surface area contributed by atoms with Gasteiger partial charge in [-0.1, -0.05) is 32.0 Å². The van der Waals surface area contributed by atoms with Crippen LogP contribution in [0, 0.1) is 0 Å². The number of benzene rings is 2. The van der Waals surface area contributed by atoms with Crippen LogP contribution in [0.15, 0.2) is 39.2 Å². The molecular formula is C20H25BrN2O2. The van der Waals surface area contributed by atoms with E-state index in [1.165, 1.54) is 0 Å². The summed E-state index contributed by atoms with van der Waals surface area (Å²) in [6.07, 6.45) is 1.08. The fourth-order valence-corrected chi connectivity index (χ4v) is 3.85. The van der Waals surface area contributed by atoms with Crippen molar-refractivity contribution in [3.05, 3.63) is 34.8 Å². The van der Waals surface area contributed by atoms with Gasteiger partial charge in [0.05, 0.1) is 12.8 Å². The van der Waals surface area contributed by atoms with E-state index < -0.39 is 0 Å². The van der Waals surface area contributed by atoms with Gasteiger partial charge >= 0.3 is 0 Å². The van der Waals surface area contributed by atoms with Crippen LogP contribution >= 0.6 is 15.9 Å². The summed E-state index contributed by atoms with van der Waals surface area (Å²) in [6, 6.07) is 10.1. The number of fused-ring (bicyclic) bond motifs is 3.